The number of aliphatic imine (C=N–C) groups is 1. The van der Waals surface area contributed by atoms with Crippen molar-refractivity contribution in [3.05, 3.63) is 70.8 Å². The van der Waals surface area contributed by atoms with Crippen LogP contribution in [0.25, 0.3) is 10.9 Å². The number of hydrogen-bond acceptors (Lipinski definition) is 9. The van der Waals surface area contributed by atoms with Gasteiger partial charge in [0.05, 0.1) is 35.5 Å². The summed E-state index contributed by atoms with van der Waals surface area (Å²) in [5.41, 5.74) is 0.141. The molecule has 220 valence electrons. The molecule has 1 atom stereocenters. The molecule has 0 spiro atoms. The largest absolute Gasteiger partial charge is 0.474 e. The highest BCUT2D eigenvalue weighted by Gasteiger charge is 2.30. The van der Waals surface area contributed by atoms with Gasteiger partial charge in [0.25, 0.3) is 10.0 Å². The van der Waals surface area contributed by atoms with Gasteiger partial charge in [-0.05, 0) is 63.2 Å². The van der Waals surface area contributed by atoms with Crippen molar-refractivity contribution in [3.63, 3.8) is 0 Å². The second-order valence-corrected chi connectivity index (χ2v) is 12.9. The highest BCUT2D eigenvalue weighted by molar-refractivity contribution is 7.92. The SMILES string of the molecule is CC(C)(C)OC(=O)CN(c1ccc2c(ccn2N2C=C(OCC(O)CO)N=CC2)c1)S(=O)(=O)c1cc(Cl)cc(Cl)c1. The van der Waals surface area contributed by atoms with Gasteiger partial charge in [0.2, 0.25) is 5.88 Å². The predicted molar refractivity (Wildman–Crippen MR) is 157 cm³/mol. The first-order valence-corrected chi connectivity index (χ1v) is 14.7. The number of aromatic nitrogens is 1. The maximum Gasteiger partial charge on any atom is 0.327 e. The number of hydrogen-bond donors (Lipinski definition) is 2. The van der Waals surface area contributed by atoms with E-state index in [0.717, 1.165) is 9.82 Å². The van der Waals surface area contributed by atoms with E-state index in [-0.39, 0.29) is 33.1 Å². The van der Waals surface area contributed by atoms with E-state index in [2.05, 4.69) is 4.99 Å². The summed E-state index contributed by atoms with van der Waals surface area (Å²) in [6.07, 6.45) is 4.02. The number of fused-ring (bicyclic) bond motifs is 1. The van der Waals surface area contributed by atoms with Gasteiger partial charge in [-0.15, -0.1) is 0 Å². The summed E-state index contributed by atoms with van der Waals surface area (Å²) in [4.78, 5) is 16.8. The lowest BCUT2D eigenvalue weighted by Gasteiger charge is -2.27. The first-order chi connectivity index (χ1) is 19.3. The third-order valence-electron chi connectivity index (χ3n) is 5.72. The summed E-state index contributed by atoms with van der Waals surface area (Å²) in [5.74, 6) is -0.486. The van der Waals surface area contributed by atoms with E-state index in [1.165, 1.54) is 18.2 Å². The fourth-order valence-corrected chi connectivity index (χ4v) is 6.12. The standard InChI is InChI=1S/C27H30Cl2N4O7S/c1-27(2,3)40-26(36)15-33(41(37,38)23-12-19(28)11-20(29)13-23)21-4-5-24-18(10-21)6-8-32(24)31-9-7-30-25(14-31)39-17-22(35)16-34/h4-8,10-14,22,34-35H,9,15-17H2,1-3H3. The van der Waals surface area contributed by atoms with Crippen LogP contribution in [0.5, 0.6) is 0 Å². The summed E-state index contributed by atoms with van der Waals surface area (Å²) < 4.78 is 41.3. The van der Waals surface area contributed by atoms with Gasteiger partial charge in [-0.3, -0.25) is 18.8 Å². The van der Waals surface area contributed by atoms with E-state index in [1.807, 2.05) is 4.68 Å². The van der Waals surface area contributed by atoms with Crippen molar-refractivity contribution in [2.75, 3.05) is 35.6 Å². The molecule has 0 saturated heterocycles. The van der Waals surface area contributed by atoms with Gasteiger partial charge in [0.15, 0.2) is 0 Å². The molecule has 41 heavy (non-hydrogen) atoms. The Labute approximate surface area is 247 Å². The lowest BCUT2D eigenvalue weighted by molar-refractivity contribution is -0.152. The molecule has 4 rings (SSSR count). The number of ether oxygens (including phenoxy) is 2. The van der Waals surface area contributed by atoms with Crippen LogP contribution in [-0.4, -0.2) is 73.5 Å². The van der Waals surface area contributed by atoms with Crippen LogP contribution in [0.1, 0.15) is 20.8 Å². The number of aliphatic hydroxyl groups is 2. The van der Waals surface area contributed by atoms with Crippen LogP contribution in [0.15, 0.2) is 70.6 Å². The third-order valence-corrected chi connectivity index (χ3v) is 7.90. The van der Waals surface area contributed by atoms with Crippen molar-refractivity contribution in [2.24, 2.45) is 4.99 Å². The van der Waals surface area contributed by atoms with Crippen LogP contribution >= 0.6 is 23.2 Å². The number of esters is 1. The minimum atomic E-state index is -4.29. The molecule has 11 nitrogen and oxygen atoms in total. The number of aliphatic hydroxyl groups excluding tert-OH is 2. The van der Waals surface area contributed by atoms with E-state index < -0.39 is 40.8 Å². The highest BCUT2D eigenvalue weighted by atomic mass is 35.5. The van der Waals surface area contributed by atoms with Crippen LogP contribution in [0.2, 0.25) is 10.0 Å². The number of carbonyl (C=O) groups is 1. The molecule has 1 unspecified atom stereocenters. The summed E-state index contributed by atoms with van der Waals surface area (Å²) in [7, 11) is -4.29. The maximum atomic E-state index is 13.8. The van der Waals surface area contributed by atoms with Crippen LogP contribution < -0.4 is 9.31 Å². The summed E-state index contributed by atoms with van der Waals surface area (Å²) in [6.45, 7) is 4.36. The maximum absolute atomic E-state index is 13.8. The van der Waals surface area contributed by atoms with Gasteiger partial charge in [0, 0.05) is 27.8 Å². The molecular weight excluding hydrogens is 595 g/mol. The van der Waals surface area contributed by atoms with Crippen molar-refractivity contribution < 1.29 is 32.9 Å². The average Bonchev–Trinajstić information content (AvgIpc) is 3.32. The number of sulfonamides is 1. The Bertz CT molecular complexity index is 1580. The van der Waals surface area contributed by atoms with Crippen molar-refractivity contribution in [2.45, 2.75) is 37.4 Å². The monoisotopic (exact) mass is 624 g/mol. The lowest BCUT2D eigenvalue weighted by Crippen LogP contribution is -2.39. The fourth-order valence-electron chi connectivity index (χ4n) is 3.99. The topological polar surface area (TPSA) is 134 Å². The van der Waals surface area contributed by atoms with Gasteiger partial charge in [0.1, 0.15) is 24.9 Å². The first-order valence-electron chi connectivity index (χ1n) is 12.5. The number of rotatable bonds is 10. The van der Waals surface area contributed by atoms with Gasteiger partial charge < -0.3 is 19.7 Å². The molecule has 2 aromatic carbocycles. The Balaban J connectivity index is 1.70. The Morgan fingerprint density at radius 3 is 2.51 bits per heavy atom. The van der Waals surface area contributed by atoms with Crippen molar-refractivity contribution in [1.82, 2.24) is 4.68 Å². The summed E-state index contributed by atoms with van der Waals surface area (Å²) >= 11 is 12.2. The third kappa shape index (κ3) is 7.52. The summed E-state index contributed by atoms with van der Waals surface area (Å²) in [6, 6.07) is 10.7. The quantitative estimate of drug-likeness (QED) is 0.326. The zero-order valence-electron chi connectivity index (χ0n) is 22.6. The van der Waals surface area contributed by atoms with Gasteiger partial charge in [-0.1, -0.05) is 23.2 Å². The number of benzene rings is 2. The minimum Gasteiger partial charge on any atom is -0.474 e. The molecule has 0 saturated carbocycles. The van der Waals surface area contributed by atoms with Crippen LogP contribution in [0, 0.1) is 0 Å². The molecule has 0 amide bonds. The molecule has 2 N–H and O–H groups in total. The van der Waals surface area contributed by atoms with E-state index in [1.54, 1.807) is 68.7 Å². The molecule has 0 fully saturated rings. The number of nitrogens with zero attached hydrogens (tertiary/aromatic N) is 4. The van der Waals surface area contributed by atoms with Gasteiger partial charge in [-0.25, -0.2) is 13.4 Å². The molecule has 14 heteroatoms. The molecule has 0 aliphatic carbocycles. The van der Waals surface area contributed by atoms with E-state index in [9.17, 15) is 18.3 Å². The molecule has 0 radical (unpaired) electrons. The Kier molecular flexibility index (Phi) is 9.19. The molecule has 0 bridgehead atoms. The van der Waals surface area contributed by atoms with Crippen molar-refractivity contribution in [3.8, 4) is 0 Å². The van der Waals surface area contributed by atoms with Crippen LogP contribution in [0.4, 0.5) is 5.69 Å². The smallest absolute Gasteiger partial charge is 0.327 e. The normalized spacial score (nSPS) is 14.6. The predicted octanol–water partition coefficient (Wildman–Crippen LogP) is 3.68. The van der Waals surface area contributed by atoms with E-state index in [0.29, 0.717) is 11.9 Å². The first kappa shape index (κ1) is 30.7. The zero-order valence-corrected chi connectivity index (χ0v) is 24.9. The Hall–Kier alpha value is -3.29. The van der Waals surface area contributed by atoms with Gasteiger partial charge >= 0.3 is 5.97 Å². The second kappa shape index (κ2) is 12.3. The Morgan fingerprint density at radius 2 is 1.85 bits per heavy atom. The van der Waals surface area contributed by atoms with Crippen LogP contribution in [0.3, 0.4) is 0 Å². The van der Waals surface area contributed by atoms with E-state index in [4.69, 9.17) is 37.8 Å². The molecule has 3 aromatic rings. The van der Waals surface area contributed by atoms with Crippen molar-refractivity contribution >= 4 is 62.0 Å². The van der Waals surface area contributed by atoms with Gasteiger partial charge in [-0.2, -0.15) is 0 Å². The summed E-state index contributed by atoms with van der Waals surface area (Å²) in [5, 5.41) is 21.3. The second-order valence-electron chi connectivity index (χ2n) is 10.2. The minimum absolute atomic E-state index is 0.122. The molecular formula is C27H30Cl2N4O7S. The highest BCUT2D eigenvalue weighted by Crippen LogP contribution is 2.31. The zero-order chi connectivity index (χ0) is 29.9. The molecule has 1 aliphatic rings. The average molecular weight is 626 g/mol. The Morgan fingerprint density at radius 1 is 1.15 bits per heavy atom. The number of anilines is 1. The molecule has 1 aromatic heterocycles. The van der Waals surface area contributed by atoms with Crippen molar-refractivity contribution in [1.29, 1.82) is 0 Å². The lowest BCUT2D eigenvalue weighted by atomic mass is 10.2. The van der Waals surface area contributed by atoms with Crippen LogP contribution in [-0.2, 0) is 24.3 Å². The molecule has 1 aliphatic heterocycles. The van der Waals surface area contributed by atoms with E-state index >= 15 is 0 Å². The number of halogens is 2. The number of carbonyl (C=O) groups excluding carboxylic acids is 1. The fraction of sp³-hybridized carbons (Fsp3) is 0.333. The molecule has 2 heterocycles.